The molecule has 1 nitrogen and oxygen atoms in total. The van der Waals surface area contributed by atoms with E-state index >= 15 is 0 Å². The second-order valence-electron chi connectivity index (χ2n) is 14.0. The van der Waals surface area contributed by atoms with E-state index in [1.807, 2.05) is 12.5 Å². The van der Waals surface area contributed by atoms with Gasteiger partial charge < -0.3 is 0 Å². The Balaban J connectivity index is 1.24. The molecule has 0 amide bonds. The van der Waals surface area contributed by atoms with Gasteiger partial charge >= 0.3 is 315 Å². The predicted molar refractivity (Wildman–Crippen MR) is 227 cm³/mol. The van der Waals surface area contributed by atoms with Crippen LogP contribution < -0.4 is 0 Å². The van der Waals surface area contributed by atoms with E-state index in [9.17, 15) is 0 Å². The monoisotopic (exact) mass is 740 g/mol. The topological polar surface area (TPSA) is 13.1 Å². The molecule has 2 heteroatoms. The Labute approximate surface area is 313 Å². The van der Waals surface area contributed by atoms with Crippen LogP contribution in [0.4, 0.5) is 0 Å². The fraction of sp³-hybridized carbons (Fsp3) is 0.0196. The van der Waals surface area contributed by atoms with Gasteiger partial charge in [0.15, 0.2) is 0 Å². The number of furan rings is 1. The van der Waals surface area contributed by atoms with Crippen LogP contribution in [0.25, 0.3) is 107 Å². The molecular formula is C51H32OSe. The molecule has 0 aliphatic carbocycles. The van der Waals surface area contributed by atoms with Crippen molar-refractivity contribution >= 4 is 76.9 Å². The summed E-state index contributed by atoms with van der Waals surface area (Å²) in [6.45, 7) is 2.14. The number of benzene rings is 9. The maximum atomic E-state index is 5.74. The standard InChI is InChI=1S/C51H32OSe/c1-31-29-52-30-44(31)49-39-23-11-9-21-37(39)47(38-22-10-12-24-40(38)49)41-25-14-28-45-50(41)43-27-13-26-42(51(43)53-45)48-35-19-7-5-17-33(35)46(32-15-3-2-4-16-32)34-18-6-8-20-36(34)48/h2-30H,1H3. The molecule has 0 aliphatic heterocycles. The summed E-state index contributed by atoms with van der Waals surface area (Å²) in [6.07, 6.45) is 3.76. The fourth-order valence-corrected chi connectivity index (χ4v) is 11.5. The van der Waals surface area contributed by atoms with Crippen LogP contribution in [0.15, 0.2) is 181 Å². The Morgan fingerprint density at radius 1 is 0.358 bits per heavy atom. The van der Waals surface area contributed by atoms with Gasteiger partial charge in [0, 0.05) is 0 Å². The van der Waals surface area contributed by atoms with Crippen molar-refractivity contribution in [3.63, 3.8) is 0 Å². The first-order valence-electron chi connectivity index (χ1n) is 18.2. The van der Waals surface area contributed by atoms with Crippen LogP contribution in [0.1, 0.15) is 5.56 Å². The van der Waals surface area contributed by atoms with Gasteiger partial charge in [-0.05, 0) is 0 Å². The van der Waals surface area contributed by atoms with Crippen molar-refractivity contribution < 1.29 is 4.42 Å². The van der Waals surface area contributed by atoms with Crippen molar-refractivity contribution in [3.05, 3.63) is 182 Å². The van der Waals surface area contributed by atoms with Crippen LogP contribution in [0.3, 0.4) is 0 Å². The normalized spacial score (nSPS) is 11.9. The molecule has 0 radical (unpaired) electrons. The average molecular weight is 740 g/mol. The van der Waals surface area contributed by atoms with Gasteiger partial charge in [0.25, 0.3) is 0 Å². The molecule has 53 heavy (non-hydrogen) atoms. The predicted octanol–water partition coefficient (Wildman–Crippen LogP) is 14.2. The van der Waals surface area contributed by atoms with Crippen LogP contribution in [0.2, 0.25) is 0 Å². The molecule has 0 saturated heterocycles. The van der Waals surface area contributed by atoms with Gasteiger partial charge in [-0.2, -0.15) is 0 Å². The number of rotatable bonds is 4. The molecular weight excluding hydrogens is 708 g/mol. The van der Waals surface area contributed by atoms with Crippen molar-refractivity contribution in [1.29, 1.82) is 0 Å². The third-order valence-corrected chi connectivity index (χ3v) is 13.6. The Hall–Kier alpha value is -6.18. The molecule has 0 atom stereocenters. The van der Waals surface area contributed by atoms with E-state index in [0.717, 1.165) is 11.1 Å². The average Bonchev–Trinajstić information content (AvgIpc) is 3.82. The SMILES string of the molecule is Cc1cocc1-c1c2ccccc2c(-c2cccc3[se]c4c(-c5c6ccccc6c(-c6ccccc6)c6ccccc56)cccc4c23)c2ccccc12. The molecule has 0 N–H and O–H groups in total. The van der Waals surface area contributed by atoms with Crippen molar-refractivity contribution in [3.8, 4) is 44.5 Å². The van der Waals surface area contributed by atoms with Crippen LogP contribution in [0, 0.1) is 6.92 Å². The zero-order chi connectivity index (χ0) is 35.0. The van der Waals surface area contributed by atoms with Gasteiger partial charge in [-0.25, -0.2) is 0 Å². The van der Waals surface area contributed by atoms with E-state index in [1.165, 1.54) is 101 Å². The number of fused-ring (bicyclic) bond motifs is 7. The zero-order valence-corrected chi connectivity index (χ0v) is 30.8. The Morgan fingerprint density at radius 2 is 0.792 bits per heavy atom. The molecule has 11 rings (SSSR count). The summed E-state index contributed by atoms with van der Waals surface area (Å²) < 4.78 is 8.65. The van der Waals surface area contributed by atoms with Gasteiger partial charge in [-0.1, -0.05) is 0 Å². The molecule has 2 aromatic heterocycles. The Bertz CT molecular complexity index is 3120. The maximum absolute atomic E-state index is 5.74. The van der Waals surface area contributed by atoms with E-state index in [1.54, 1.807) is 0 Å². The molecule has 0 saturated carbocycles. The van der Waals surface area contributed by atoms with E-state index in [2.05, 4.69) is 171 Å². The van der Waals surface area contributed by atoms with Crippen molar-refractivity contribution in [2.75, 3.05) is 0 Å². The summed E-state index contributed by atoms with van der Waals surface area (Å²) in [5.41, 5.74) is 11.4. The van der Waals surface area contributed by atoms with Crippen LogP contribution in [-0.2, 0) is 0 Å². The van der Waals surface area contributed by atoms with Crippen molar-refractivity contribution in [2.24, 2.45) is 0 Å². The molecule has 0 bridgehead atoms. The molecule has 11 aromatic rings. The van der Waals surface area contributed by atoms with Gasteiger partial charge in [0.2, 0.25) is 0 Å². The molecule has 0 fully saturated rings. The first kappa shape index (κ1) is 30.4. The number of aryl methyl sites for hydroxylation is 1. The van der Waals surface area contributed by atoms with Crippen LogP contribution in [0.5, 0.6) is 0 Å². The second kappa shape index (κ2) is 11.9. The summed E-state index contributed by atoms with van der Waals surface area (Å²) in [5.74, 6) is 0. The van der Waals surface area contributed by atoms with E-state index < -0.39 is 0 Å². The summed E-state index contributed by atoms with van der Waals surface area (Å²) in [4.78, 5) is 0. The quantitative estimate of drug-likeness (QED) is 0.129. The molecule has 0 unspecified atom stereocenters. The second-order valence-corrected chi connectivity index (χ2v) is 16.2. The van der Waals surface area contributed by atoms with E-state index in [4.69, 9.17) is 4.42 Å². The molecule has 0 spiro atoms. The Kier molecular flexibility index (Phi) is 6.86. The van der Waals surface area contributed by atoms with Crippen LogP contribution in [-0.4, -0.2) is 14.5 Å². The third kappa shape index (κ3) is 4.50. The number of hydrogen-bond acceptors (Lipinski definition) is 1. The fourth-order valence-electron chi connectivity index (χ4n) is 8.91. The van der Waals surface area contributed by atoms with Crippen molar-refractivity contribution in [2.45, 2.75) is 6.92 Å². The van der Waals surface area contributed by atoms with Gasteiger partial charge in [0.1, 0.15) is 0 Å². The first-order valence-corrected chi connectivity index (χ1v) is 19.9. The zero-order valence-electron chi connectivity index (χ0n) is 29.1. The molecule has 2 heterocycles. The van der Waals surface area contributed by atoms with Crippen LogP contribution >= 0.6 is 0 Å². The van der Waals surface area contributed by atoms with Crippen molar-refractivity contribution in [1.82, 2.24) is 0 Å². The van der Waals surface area contributed by atoms with Gasteiger partial charge in [-0.15, -0.1) is 0 Å². The van der Waals surface area contributed by atoms with Gasteiger partial charge in [-0.3, -0.25) is 0 Å². The minimum absolute atomic E-state index is 0.122. The molecule has 9 aromatic carbocycles. The minimum atomic E-state index is 0.122. The number of hydrogen-bond donors (Lipinski definition) is 0. The summed E-state index contributed by atoms with van der Waals surface area (Å²) in [7, 11) is 0. The first-order chi connectivity index (χ1) is 26.3. The van der Waals surface area contributed by atoms with Gasteiger partial charge in [0.05, 0.1) is 0 Å². The van der Waals surface area contributed by atoms with E-state index in [-0.39, 0.29) is 14.5 Å². The molecule has 0 aliphatic rings. The third-order valence-electron chi connectivity index (χ3n) is 11.1. The molecule has 248 valence electrons. The van der Waals surface area contributed by atoms with E-state index in [0.29, 0.717) is 0 Å². The summed E-state index contributed by atoms with van der Waals surface area (Å²) >= 11 is 0.122. The Morgan fingerprint density at radius 3 is 1.32 bits per heavy atom. The summed E-state index contributed by atoms with van der Waals surface area (Å²) in [5, 5.41) is 12.9. The summed E-state index contributed by atoms with van der Waals surface area (Å²) in [6, 6.07) is 60.8.